The number of esters is 1. The summed E-state index contributed by atoms with van der Waals surface area (Å²) in [5.41, 5.74) is 3.24. The van der Waals surface area contributed by atoms with Crippen molar-refractivity contribution in [3.63, 3.8) is 0 Å². The van der Waals surface area contributed by atoms with Crippen LogP contribution in [0, 0.1) is 0 Å². The van der Waals surface area contributed by atoms with Crippen LogP contribution in [-0.2, 0) is 27.3 Å². The third kappa shape index (κ3) is 4.51. The van der Waals surface area contributed by atoms with Crippen molar-refractivity contribution in [1.82, 2.24) is 4.90 Å². The molecule has 0 N–H and O–H groups in total. The molecule has 2 aromatic carbocycles. The Morgan fingerprint density at radius 3 is 2.73 bits per heavy atom. The molecule has 0 unspecified atom stereocenters. The number of ether oxygens (including phenoxy) is 2. The fraction of sp³-hybridized carbons (Fsp3) is 0.238. The maximum absolute atomic E-state index is 12.3. The molecule has 2 aromatic rings. The summed E-state index contributed by atoms with van der Waals surface area (Å²) in [5, 5.41) is 0. The van der Waals surface area contributed by atoms with Gasteiger partial charge in [-0.3, -0.25) is 4.79 Å². The molecular formula is C21H21NO4. The molecule has 0 saturated heterocycles. The topological polar surface area (TPSA) is 55.8 Å². The summed E-state index contributed by atoms with van der Waals surface area (Å²) in [6, 6.07) is 15.4. The van der Waals surface area contributed by atoms with Gasteiger partial charge in [0, 0.05) is 19.2 Å². The van der Waals surface area contributed by atoms with Crippen molar-refractivity contribution in [2.45, 2.75) is 13.0 Å². The molecule has 0 saturated carbocycles. The summed E-state index contributed by atoms with van der Waals surface area (Å²) >= 11 is 0. The Kier molecular flexibility index (Phi) is 5.69. The highest BCUT2D eigenvalue weighted by Crippen LogP contribution is 2.18. The number of carbonyl (C=O) groups excluding carboxylic acids is 2. The van der Waals surface area contributed by atoms with Gasteiger partial charge in [-0.05, 0) is 41.3 Å². The summed E-state index contributed by atoms with van der Waals surface area (Å²) in [7, 11) is 1.59. The van der Waals surface area contributed by atoms with Crippen LogP contribution in [0.3, 0.4) is 0 Å². The van der Waals surface area contributed by atoms with E-state index >= 15 is 0 Å². The first-order chi connectivity index (χ1) is 12.7. The van der Waals surface area contributed by atoms with E-state index < -0.39 is 5.97 Å². The van der Waals surface area contributed by atoms with E-state index in [1.54, 1.807) is 24.2 Å². The van der Waals surface area contributed by atoms with Gasteiger partial charge in [-0.1, -0.05) is 36.4 Å². The highest BCUT2D eigenvalue weighted by Gasteiger charge is 2.20. The van der Waals surface area contributed by atoms with Crippen LogP contribution in [0.1, 0.15) is 16.7 Å². The molecule has 134 valence electrons. The summed E-state index contributed by atoms with van der Waals surface area (Å²) in [6.45, 7) is 0.961. The Morgan fingerprint density at radius 2 is 1.92 bits per heavy atom. The van der Waals surface area contributed by atoms with Crippen LogP contribution in [0.25, 0.3) is 6.08 Å². The van der Waals surface area contributed by atoms with Gasteiger partial charge in [0.15, 0.2) is 6.61 Å². The highest BCUT2D eigenvalue weighted by molar-refractivity contribution is 5.89. The molecule has 0 radical (unpaired) electrons. The minimum Gasteiger partial charge on any atom is -0.497 e. The lowest BCUT2D eigenvalue weighted by Crippen LogP contribution is -2.38. The minimum atomic E-state index is -0.543. The maximum Gasteiger partial charge on any atom is 0.331 e. The number of hydrogen-bond acceptors (Lipinski definition) is 4. The number of methoxy groups -OCH3 is 1. The van der Waals surface area contributed by atoms with Crippen LogP contribution < -0.4 is 4.74 Å². The zero-order valence-corrected chi connectivity index (χ0v) is 14.7. The van der Waals surface area contributed by atoms with E-state index in [9.17, 15) is 9.59 Å². The smallest absolute Gasteiger partial charge is 0.331 e. The van der Waals surface area contributed by atoms with Gasteiger partial charge in [0.1, 0.15) is 5.75 Å². The molecule has 26 heavy (non-hydrogen) atoms. The Labute approximate surface area is 152 Å². The van der Waals surface area contributed by atoms with E-state index in [1.165, 1.54) is 11.6 Å². The number of hydrogen-bond donors (Lipinski definition) is 0. The fourth-order valence-electron chi connectivity index (χ4n) is 2.89. The van der Waals surface area contributed by atoms with E-state index in [-0.39, 0.29) is 12.5 Å². The van der Waals surface area contributed by atoms with Crippen molar-refractivity contribution in [2.75, 3.05) is 20.3 Å². The average Bonchev–Trinajstić information content (AvgIpc) is 2.70. The van der Waals surface area contributed by atoms with E-state index in [0.29, 0.717) is 18.8 Å². The Hall–Kier alpha value is -3.08. The largest absolute Gasteiger partial charge is 0.497 e. The van der Waals surface area contributed by atoms with E-state index in [4.69, 9.17) is 9.47 Å². The second kappa shape index (κ2) is 8.34. The Morgan fingerprint density at radius 1 is 1.12 bits per heavy atom. The predicted molar refractivity (Wildman–Crippen MR) is 98.6 cm³/mol. The number of rotatable bonds is 5. The zero-order valence-electron chi connectivity index (χ0n) is 14.7. The summed E-state index contributed by atoms with van der Waals surface area (Å²) < 4.78 is 10.2. The Balaban J connectivity index is 1.50. The van der Waals surface area contributed by atoms with Gasteiger partial charge in [0.05, 0.1) is 7.11 Å². The SMILES string of the molecule is COc1cccc(C=CC(=O)OCC(=O)N2CCc3ccccc3C2)c1. The molecule has 0 fully saturated rings. The van der Waals surface area contributed by atoms with Crippen molar-refractivity contribution in [1.29, 1.82) is 0 Å². The molecular weight excluding hydrogens is 330 g/mol. The van der Waals surface area contributed by atoms with E-state index in [1.807, 2.05) is 36.4 Å². The monoisotopic (exact) mass is 351 g/mol. The van der Waals surface area contributed by atoms with Crippen LogP contribution >= 0.6 is 0 Å². The highest BCUT2D eigenvalue weighted by atomic mass is 16.5. The van der Waals surface area contributed by atoms with Gasteiger partial charge in [-0.25, -0.2) is 4.79 Å². The molecule has 1 aliphatic rings. The second-order valence-corrected chi connectivity index (χ2v) is 6.05. The first-order valence-electron chi connectivity index (χ1n) is 8.49. The zero-order chi connectivity index (χ0) is 18.4. The molecule has 0 spiro atoms. The van der Waals surface area contributed by atoms with Crippen LogP contribution in [0.5, 0.6) is 5.75 Å². The van der Waals surface area contributed by atoms with Crippen molar-refractivity contribution in [3.05, 3.63) is 71.3 Å². The summed E-state index contributed by atoms with van der Waals surface area (Å²) in [5.74, 6) is -0.0118. The van der Waals surface area contributed by atoms with Gasteiger partial charge in [-0.2, -0.15) is 0 Å². The first kappa shape index (κ1) is 17.7. The third-order valence-electron chi connectivity index (χ3n) is 4.33. The standard InChI is InChI=1S/C21H21NO4/c1-25-19-8-4-5-16(13-19)9-10-21(24)26-15-20(23)22-12-11-17-6-2-3-7-18(17)14-22/h2-10,13H,11-12,14-15H2,1H3. The van der Waals surface area contributed by atoms with Gasteiger partial charge in [0.2, 0.25) is 0 Å². The second-order valence-electron chi connectivity index (χ2n) is 6.05. The van der Waals surface area contributed by atoms with Crippen LogP contribution in [-0.4, -0.2) is 37.0 Å². The van der Waals surface area contributed by atoms with Crippen LogP contribution in [0.15, 0.2) is 54.6 Å². The normalized spacial score (nSPS) is 13.3. The number of benzene rings is 2. The summed E-state index contributed by atoms with van der Waals surface area (Å²) in [4.78, 5) is 25.8. The molecule has 1 aliphatic heterocycles. The first-order valence-corrected chi connectivity index (χ1v) is 8.49. The molecule has 0 aliphatic carbocycles. The molecule has 3 rings (SSSR count). The lowest BCUT2D eigenvalue weighted by atomic mass is 10.00. The lowest BCUT2D eigenvalue weighted by Gasteiger charge is -2.28. The molecule has 5 nitrogen and oxygen atoms in total. The molecule has 1 amide bonds. The third-order valence-corrected chi connectivity index (χ3v) is 4.33. The number of fused-ring (bicyclic) bond motifs is 1. The van der Waals surface area contributed by atoms with Gasteiger partial charge < -0.3 is 14.4 Å². The van der Waals surface area contributed by atoms with E-state index in [0.717, 1.165) is 17.5 Å². The van der Waals surface area contributed by atoms with Crippen LogP contribution in [0.2, 0.25) is 0 Å². The average molecular weight is 351 g/mol. The van der Waals surface area contributed by atoms with Gasteiger partial charge in [-0.15, -0.1) is 0 Å². The van der Waals surface area contributed by atoms with Crippen LogP contribution in [0.4, 0.5) is 0 Å². The Bertz CT molecular complexity index is 828. The van der Waals surface area contributed by atoms with Crippen molar-refractivity contribution in [2.24, 2.45) is 0 Å². The lowest BCUT2D eigenvalue weighted by molar-refractivity contribution is -0.148. The molecule has 0 aromatic heterocycles. The summed E-state index contributed by atoms with van der Waals surface area (Å²) in [6.07, 6.45) is 3.77. The maximum atomic E-state index is 12.3. The minimum absolute atomic E-state index is 0.178. The number of nitrogens with zero attached hydrogens (tertiary/aromatic N) is 1. The quantitative estimate of drug-likeness (QED) is 0.614. The molecule has 1 heterocycles. The van der Waals surface area contributed by atoms with Gasteiger partial charge in [0.25, 0.3) is 5.91 Å². The molecule has 0 bridgehead atoms. The van der Waals surface area contributed by atoms with Crippen molar-refractivity contribution < 1.29 is 19.1 Å². The fourth-order valence-corrected chi connectivity index (χ4v) is 2.89. The number of carbonyl (C=O) groups is 2. The van der Waals surface area contributed by atoms with Gasteiger partial charge >= 0.3 is 5.97 Å². The predicted octanol–water partition coefficient (Wildman–Crippen LogP) is 2.84. The molecule has 5 heteroatoms. The number of amides is 1. The van der Waals surface area contributed by atoms with E-state index in [2.05, 4.69) is 6.07 Å². The van der Waals surface area contributed by atoms with Crippen molar-refractivity contribution >= 4 is 18.0 Å². The van der Waals surface area contributed by atoms with Crippen molar-refractivity contribution in [3.8, 4) is 5.75 Å². The molecule has 0 atom stereocenters.